The number of amides is 1. The third kappa shape index (κ3) is 5.16. The lowest BCUT2D eigenvalue weighted by atomic mass is 9.86. The van der Waals surface area contributed by atoms with E-state index in [1.54, 1.807) is 20.8 Å². The van der Waals surface area contributed by atoms with Gasteiger partial charge in [-0.05, 0) is 20.8 Å². The molecule has 0 aliphatic rings. The minimum absolute atomic E-state index is 0.589. The van der Waals surface area contributed by atoms with Crippen LogP contribution in [0.25, 0.3) is 0 Å². The van der Waals surface area contributed by atoms with Gasteiger partial charge in [-0.1, -0.05) is 13.8 Å². The number of esters is 1. The Kier molecular flexibility index (Phi) is 5.32. The molecule has 0 radical (unpaired) electrons. The molecule has 0 aromatic heterocycles. The summed E-state index contributed by atoms with van der Waals surface area (Å²) in [5, 5.41) is 2.35. The lowest BCUT2D eigenvalue weighted by Gasteiger charge is -2.29. The van der Waals surface area contributed by atoms with Crippen molar-refractivity contribution in [3.8, 4) is 0 Å². The molecule has 0 spiro atoms. The van der Waals surface area contributed by atoms with Crippen molar-refractivity contribution in [3.63, 3.8) is 0 Å². The minimum Gasteiger partial charge on any atom is -0.467 e. The first-order valence-electron chi connectivity index (χ1n) is 5.57. The molecule has 1 amide bonds. The molecule has 0 aromatic rings. The molecular weight excluding hydrogens is 238 g/mol. The molecule has 0 bridgehead atoms. The molecule has 0 aliphatic carbocycles. The predicted octanol–water partition coefficient (Wildman–Crippen LogP) is 1.28. The van der Waals surface area contributed by atoms with Crippen LogP contribution in [0.15, 0.2) is 0 Å². The fourth-order valence-electron chi connectivity index (χ4n) is 1.16. The summed E-state index contributed by atoms with van der Waals surface area (Å²) >= 11 is 0. The van der Waals surface area contributed by atoms with Crippen LogP contribution < -0.4 is 5.32 Å². The van der Waals surface area contributed by atoms with Gasteiger partial charge in [0.15, 0.2) is 0 Å². The van der Waals surface area contributed by atoms with Gasteiger partial charge in [0, 0.05) is 0 Å². The summed E-state index contributed by atoms with van der Waals surface area (Å²) in [4.78, 5) is 34.1. The predicted molar refractivity (Wildman–Crippen MR) is 65.0 cm³/mol. The van der Waals surface area contributed by atoms with E-state index >= 15 is 0 Å². The summed E-state index contributed by atoms with van der Waals surface area (Å²) < 4.78 is 9.59. The van der Waals surface area contributed by atoms with Gasteiger partial charge >= 0.3 is 12.1 Å². The highest BCUT2D eigenvalue weighted by Gasteiger charge is 2.38. The molecule has 0 heterocycles. The Labute approximate surface area is 107 Å². The number of nitrogens with one attached hydrogen (secondary N) is 1. The van der Waals surface area contributed by atoms with E-state index in [0.29, 0.717) is 6.29 Å². The zero-order chi connectivity index (χ0) is 14.6. The Bertz CT molecular complexity index is 330. The van der Waals surface area contributed by atoms with Crippen LogP contribution in [0, 0.1) is 5.41 Å². The first kappa shape index (κ1) is 16.4. The van der Waals surface area contributed by atoms with Crippen LogP contribution in [-0.2, 0) is 19.1 Å². The van der Waals surface area contributed by atoms with Gasteiger partial charge in [0.2, 0.25) is 0 Å². The van der Waals surface area contributed by atoms with Crippen LogP contribution in [0.1, 0.15) is 34.6 Å². The van der Waals surface area contributed by atoms with Gasteiger partial charge in [-0.15, -0.1) is 0 Å². The Hall–Kier alpha value is -1.59. The van der Waals surface area contributed by atoms with Crippen LogP contribution in [0.4, 0.5) is 4.79 Å². The quantitative estimate of drug-likeness (QED) is 0.607. The molecule has 104 valence electrons. The van der Waals surface area contributed by atoms with Gasteiger partial charge in [-0.3, -0.25) is 0 Å². The Morgan fingerprint density at radius 2 is 1.67 bits per heavy atom. The van der Waals surface area contributed by atoms with Crippen molar-refractivity contribution in [3.05, 3.63) is 0 Å². The molecule has 0 fully saturated rings. The van der Waals surface area contributed by atoms with Crippen LogP contribution in [0.3, 0.4) is 0 Å². The van der Waals surface area contributed by atoms with Crippen LogP contribution in [-0.4, -0.2) is 37.1 Å². The van der Waals surface area contributed by atoms with Crippen molar-refractivity contribution in [2.75, 3.05) is 7.11 Å². The maximum absolute atomic E-state index is 11.6. The molecule has 1 atom stereocenters. The average Bonchev–Trinajstić information content (AvgIpc) is 2.22. The maximum atomic E-state index is 11.6. The van der Waals surface area contributed by atoms with Gasteiger partial charge in [-0.2, -0.15) is 0 Å². The number of rotatable bonds is 4. The summed E-state index contributed by atoms with van der Waals surface area (Å²) in [6, 6.07) is -1.09. The minimum atomic E-state index is -1.09. The number of methoxy groups -OCH3 is 1. The third-order valence-corrected chi connectivity index (χ3v) is 2.15. The number of alkyl carbamates (subject to hydrolysis) is 1. The largest absolute Gasteiger partial charge is 0.467 e. The molecule has 0 saturated carbocycles. The van der Waals surface area contributed by atoms with E-state index in [2.05, 4.69) is 10.1 Å². The summed E-state index contributed by atoms with van der Waals surface area (Å²) in [5.74, 6) is -0.696. The molecule has 0 aromatic carbocycles. The molecule has 0 rings (SSSR count). The second kappa shape index (κ2) is 5.84. The van der Waals surface area contributed by atoms with E-state index in [4.69, 9.17) is 4.74 Å². The lowest BCUT2D eigenvalue weighted by Crippen LogP contribution is -2.52. The van der Waals surface area contributed by atoms with Crippen molar-refractivity contribution in [2.45, 2.75) is 46.3 Å². The van der Waals surface area contributed by atoms with Crippen LogP contribution in [0.2, 0.25) is 0 Å². The summed E-state index contributed by atoms with van der Waals surface area (Å²) in [6.45, 7) is 8.15. The molecule has 18 heavy (non-hydrogen) atoms. The second-order valence-electron chi connectivity index (χ2n) is 5.54. The molecule has 0 saturated heterocycles. The number of hydrogen-bond donors (Lipinski definition) is 1. The first-order valence-corrected chi connectivity index (χ1v) is 5.57. The van der Waals surface area contributed by atoms with Crippen molar-refractivity contribution >= 4 is 18.3 Å². The number of ether oxygens (including phenoxy) is 2. The molecule has 0 aliphatic heterocycles. The maximum Gasteiger partial charge on any atom is 0.408 e. The first-order chi connectivity index (χ1) is 8.03. The van der Waals surface area contributed by atoms with Gasteiger partial charge in [0.1, 0.15) is 17.9 Å². The topological polar surface area (TPSA) is 81.7 Å². The molecular formula is C12H21NO5. The van der Waals surface area contributed by atoms with E-state index in [0.717, 1.165) is 0 Å². The number of hydrogen-bond acceptors (Lipinski definition) is 5. The fourth-order valence-corrected chi connectivity index (χ4v) is 1.16. The molecule has 0 unspecified atom stereocenters. The van der Waals surface area contributed by atoms with Gasteiger partial charge < -0.3 is 19.6 Å². The van der Waals surface area contributed by atoms with E-state index in [1.165, 1.54) is 21.0 Å². The standard InChI is InChI=1S/C12H21NO5/c1-11(2,3)18-10(16)13-8(9(15)17-6)12(4,5)7-14/h7-8H,1-6H3,(H,13,16)/t8-/m1/s1. The van der Waals surface area contributed by atoms with E-state index in [-0.39, 0.29) is 0 Å². The van der Waals surface area contributed by atoms with Gasteiger partial charge in [0.05, 0.1) is 12.5 Å². The van der Waals surface area contributed by atoms with Crippen molar-refractivity contribution in [1.29, 1.82) is 0 Å². The highest BCUT2D eigenvalue weighted by Crippen LogP contribution is 2.19. The molecule has 1 N–H and O–H groups in total. The zero-order valence-corrected chi connectivity index (χ0v) is 11.7. The average molecular weight is 259 g/mol. The Morgan fingerprint density at radius 1 is 1.17 bits per heavy atom. The highest BCUT2D eigenvalue weighted by molar-refractivity contribution is 5.86. The van der Waals surface area contributed by atoms with E-state index < -0.39 is 29.1 Å². The summed E-state index contributed by atoms with van der Waals surface area (Å²) in [6.07, 6.45) is -0.181. The highest BCUT2D eigenvalue weighted by atomic mass is 16.6. The van der Waals surface area contributed by atoms with Crippen molar-refractivity contribution < 1.29 is 23.9 Å². The lowest BCUT2D eigenvalue weighted by molar-refractivity contribution is -0.147. The van der Waals surface area contributed by atoms with E-state index in [1.807, 2.05) is 0 Å². The summed E-state index contributed by atoms with van der Waals surface area (Å²) in [5.41, 5.74) is -1.76. The Morgan fingerprint density at radius 3 is 2.00 bits per heavy atom. The SMILES string of the molecule is COC(=O)[C@@H](NC(=O)OC(C)(C)C)C(C)(C)C=O. The monoisotopic (exact) mass is 259 g/mol. The molecule has 6 heteroatoms. The van der Waals surface area contributed by atoms with Crippen molar-refractivity contribution in [2.24, 2.45) is 5.41 Å². The van der Waals surface area contributed by atoms with Crippen LogP contribution >= 0.6 is 0 Å². The zero-order valence-electron chi connectivity index (χ0n) is 11.7. The third-order valence-electron chi connectivity index (χ3n) is 2.15. The summed E-state index contributed by atoms with van der Waals surface area (Å²) in [7, 11) is 1.19. The Balaban J connectivity index is 4.88. The van der Waals surface area contributed by atoms with Crippen molar-refractivity contribution in [1.82, 2.24) is 5.32 Å². The van der Waals surface area contributed by atoms with Gasteiger partial charge in [-0.25, -0.2) is 9.59 Å². The van der Waals surface area contributed by atoms with E-state index in [9.17, 15) is 14.4 Å². The fraction of sp³-hybridized carbons (Fsp3) is 0.750. The second-order valence-corrected chi connectivity index (χ2v) is 5.54. The molecule has 6 nitrogen and oxygen atoms in total. The number of aldehydes is 1. The van der Waals surface area contributed by atoms with Crippen LogP contribution in [0.5, 0.6) is 0 Å². The number of carbonyl (C=O) groups excluding carboxylic acids is 3. The normalized spacial score (nSPS) is 13.4. The smallest absolute Gasteiger partial charge is 0.408 e. The van der Waals surface area contributed by atoms with Gasteiger partial charge in [0.25, 0.3) is 0 Å². The number of carbonyl (C=O) groups is 3.